The van der Waals surface area contributed by atoms with Gasteiger partial charge >= 0.3 is 6.18 Å². The topological polar surface area (TPSA) is 80.0 Å². The van der Waals surface area contributed by atoms with Crippen LogP contribution in [0.15, 0.2) is 18.6 Å². The van der Waals surface area contributed by atoms with E-state index in [0.717, 1.165) is 13.8 Å². The number of hydrogen-bond donors (Lipinski definition) is 2. The van der Waals surface area contributed by atoms with Crippen LogP contribution < -0.4 is 5.32 Å². The number of halogens is 3. The number of carbonyl (C=O) groups excluding carboxylic acids is 1. The van der Waals surface area contributed by atoms with Gasteiger partial charge in [-0.15, -0.1) is 0 Å². The number of fused-ring (bicyclic) bond motifs is 1. The third-order valence-corrected chi connectivity index (χ3v) is 3.27. The Morgan fingerprint density at radius 3 is 2.59 bits per heavy atom. The molecule has 0 spiro atoms. The monoisotopic (exact) mass is 316 g/mol. The van der Waals surface area contributed by atoms with Crippen molar-refractivity contribution in [3.05, 3.63) is 24.2 Å². The number of alkyl halides is 3. The molecular formula is C13H15F3N4O2. The number of pyridine rings is 1. The van der Waals surface area contributed by atoms with E-state index in [4.69, 9.17) is 0 Å². The van der Waals surface area contributed by atoms with Gasteiger partial charge in [0.25, 0.3) is 5.91 Å². The molecule has 2 rings (SSSR count). The molecule has 1 amide bonds. The summed E-state index contributed by atoms with van der Waals surface area (Å²) in [7, 11) is 1.68. The van der Waals surface area contributed by atoms with Crippen molar-refractivity contribution in [3.8, 4) is 0 Å². The van der Waals surface area contributed by atoms with Crippen LogP contribution in [0, 0.1) is 0 Å². The van der Waals surface area contributed by atoms with Gasteiger partial charge in [0, 0.05) is 13.2 Å². The molecule has 22 heavy (non-hydrogen) atoms. The van der Waals surface area contributed by atoms with E-state index in [1.54, 1.807) is 11.6 Å². The molecule has 0 bridgehead atoms. The van der Waals surface area contributed by atoms with Crippen molar-refractivity contribution in [2.45, 2.75) is 31.7 Å². The van der Waals surface area contributed by atoms with E-state index in [-0.39, 0.29) is 11.1 Å². The summed E-state index contributed by atoms with van der Waals surface area (Å²) in [5, 5.41) is 11.5. The van der Waals surface area contributed by atoms with Gasteiger partial charge in [-0.1, -0.05) is 0 Å². The summed E-state index contributed by atoms with van der Waals surface area (Å²) < 4.78 is 39.5. The van der Waals surface area contributed by atoms with Crippen molar-refractivity contribution in [1.29, 1.82) is 0 Å². The lowest BCUT2D eigenvalue weighted by atomic mass is 9.96. The standard InChI is InChI=1S/C13H15F3N4O2/c1-12(2,11(22)13(14,15)16)19-10(21)7-4-5-17-9-8(7)18-6-20(9)3/h4-6,11,22H,1-3H3,(H,19,21). The van der Waals surface area contributed by atoms with Gasteiger partial charge in [0.2, 0.25) is 0 Å². The molecule has 0 aliphatic carbocycles. The average molecular weight is 316 g/mol. The summed E-state index contributed by atoms with van der Waals surface area (Å²) in [6, 6.07) is 1.36. The Hall–Kier alpha value is -2.16. The molecule has 2 aromatic heterocycles. The normalized spacial score (nSPS) is 14.1. The minimum Gasteiger partial charge on any atom is -0.382 e. The Balaban J connectivity index is 2.32. The summed E-state index contributed by atoms with van der Waals surface area (Å²) in [5.74, 6) is -0.764. The molecular weight excluding hydrogens is 301 g/mol. The zero-order valence-electron chi connectivity index (χ0n) is 12.1. The van der Waals surface area contributed by atoms with Gasteiger partial charge in [-0.3, -0.25) is 4.79 Å². The summed E-state index contributed by atoms with van der Waals surface area (Å²) in [5.41, 5.74) is -1.09. The number of hydrogen-bond acceptors (Lipinski definition) is 4. The summed E-state index contributed by atoms with van der Waals surface area (Å²) in [6.45, 7) is 2.19. The van der Waals surface area contributed by atoms with Crippen LogP contribution in [0.5, 0.6) is 0 Å². The minimum absolute atomic E-state index is 0.0908. The quantitative estimate of drug-likeness (QED) is 0.897. The van der Waals surface area contributed by atoms with Crippen molar-refractivity contribution >= 4 is 17.1 Å². The number of aliphatic hydroxyl groups excluding tert-OH is 1. The lowest BCUT2D eigenvalue weighted by molar-refractivity contribution is -0.222. The Morgan fingerprint density at radius 1 is 1.36 bits per heavy atom. The van der Waals surface area contributed by atoms with E-state index in [1.807, 2.05) is 0 Å². The highest BCUT2D eigenvalue weighted by molar-refractivity contribution is 6.04. The zero-order valence-corrected chi connectivity index (χ0v) is 12.1. The van der Waals surface area contributed by atoms with Crippen molar-refractivity contribution in [2.75, 3.05) is 0 Å². The number of imidazole rings is 1. The fourth-order valence-corrected chi connectivity index (χ4v) is 2.05. The predicted molar refractivity (Wildman–Crippen MR) is 72.1 cm³/mol. The molecule has 0 fully saturated rings. The second-order valence-corrected chi connectivity index (χ2v) is 5.51. The van der Waals surface area contributed by atoms with Gasteiger partial charge in [0.15, 0.2) is 11.8 Å². The molecule has 0 saturated carbocycles. The van der Waals surface area contributed by atoms with Crippen molar-refractivity contribution in [2.24, 2.45) is 7.05 Å². The van der Waals surface area contributed by atoms with E-state index in [9.17, 15) is 23.1 Å². The number of amides is 1. The summed E-state index contributed by atoms with van der Waals surface area (Å²) >= 11 is 0. The van der Waals surface area contributed by atoms with E-state index in [0.29, 0.717) is 5.65 Å². The van der Waals surface area contributed by atoms with Crippen LogP contribution in [-0.4, -0.2) is 43.4 Å². The highest BCUT2D eigenvalue weighted by Crippen LogP contribution is 2.28. The number of nitrogens with one attached hydrogen (secondary N) is 1. The lowest BCUT2D eigenvalue weighted by Crippen LogP contribution is -2.57. The number of aromatic nitrogens is 3. The Bertz CT molecular complexity index is 709. The second kappa shape index (κ2) is 5.24. The zero-order chi connectivity index (χ0) is 16.7. The number of rotatable bonds is 3. The van der Waals surface area contributed by atoms with Crippen LogP contribution in [0.3, 0.4) is 0 Å². The first kappa shape index (κ1) is 16.2. The van der Waals surface area contributed by atoms with Gasteiger partial charge in [0.1, 0.15) is 5.52 Å². The van der Waals surface area contributed by atoms with E-state index in [2.05, 4.69) is 15.3 Å². The first-order valence-electron chi connectivity index (χ1n) is 6.37. The molecule has 0 radical (unpaired) electrons. The van der Waals surface area contributed by atoms with Crippen molar-refractivity contribution in [1.82, 2.24) is 19.9 Å². The molecule has 2 heterocycles. The Morgan fingerprint density at radius 2 is 2.00 bits per heavy atom. The van der Waals surface area contributed by atoms with Gasteiger partial charge in [0.05, 0.1) is 17.4 Å². The number of aliphatic hydroxyl groups is 1. The smallest absolute Gasteiger partial charge is 0.382 e. The maximum Gasteiger partial charge on any atom is 0.416 e. The van der Waals surface area contributed by atoms with Gasteiger partial charge in [-0.2, -0.15) is 13.2 Å². The van der Waals surface area contributed by atoms with E-state index < -0.39 is 23.7 Å². The van der Waals surface area contributed by atoms with Crippen LogP contribution in [0.1, 0.15) is 24.2 Å². The number of nitrogens with zero attached hydrogens (tertiary/aromatic N) is 3. The number of aryl methyl sites for hydroxylation is 1. The second-order valence-electron chi connectivity index (χ2n) is 5.51. The molecule has 1 atom stereocenters. The highest BCUT2D eigenvalue weighted by atomic mass is 19.4. The van der Waals surface area contributed by atoms with E-state index in [1.165, 1.54) is 18.6 Å². The Labute approximate surface area is 124 Å². The average Bonchev–Trinajstić information content (AvgIpc) is 2.78. The van der Waals surface area contributed by atoms with E-state index >= 15 is 0 Å². The molecule has 1 unspecified atom stereocenters. The van der Waals surface area contributed by atoms with Crippen LogP contribution >= 0.6 is 0 Å². The van der Waals surface area contributed by atoms with Gasteiger partial charge < -0.3 is 15.0 Å². The highest BCUT2D eigenvalue weighted by Gasteiger charge is 2.48. The summed E-state index contributed by atoms with van der Waals surface area (Å²) in [6.07, 6.45) is -4.71. The van der Waals surface area contributed by atoms with Crippen LogP contribution in [-0.2, 0) is 7.05 Å². The first-order chi connectivity index (χ1) is 10.0. The van der Waals surface area contributed by atoms with Crippen molar-refractivity contribution in [3.63, 3.8) is 0 Å². The maximum atomic E-state index is 12.6. The van der Waals surface area contributed by atoms with Crippen LogP contribution in [0.2, 0.25) is 0 Å². The SMILES string of the molecule is Cn1cnc2c(C(=O)NC(C)(C)C(O)C(F)(F)F)ccnc21. The van der Waals surface area contributed by atoms with Crippen LogP contribution in [0.4, 0.5) is 13.2 Å². The lowest BCUT2D eigenvalue weighted by Gasteiger charge is -2.32. The molecule has 0 aliphatic heterocycles. The van der Waals surface area contributed by atoms with Gasteiger partial charge in [-0.25, -0.2) is 9.97 Å². The predicted octanol–water partition coefficient (Wildman–Crippen LogP) is 1.40. The molecule has 6 nitrogen and oxygen atoms in total. The fraction of sp³-hybridized carbons (Fsp3) is 0.462. The third kappa shape index (κ3) is 2.89. The molecule has 2 aromatic rings. The molecule has 0 aromatic carbocycles. The molecule has 2 N–H and O–H groups in total. The Kier molecular flexibility index (Phi) is 3.86. The number of carbonyl (C=O) groups is 1. The molecule has 120 valence electrons. The third-order valence-electron chi connectivity index (χ3n) is 3.27. The first-order valence-corrected chi connectivity index (χ1v) is 6.37. The maximum absolute atomic E-state index is 12.6. The largest absolute Gasteiger partial charge is 0.416 e. The molecule has 9 heteroatoms. The van der Waals surface area contributed by atoms with Crippen molar-refractivity contribution < 1.29 is 23.1 Å². The molecule has 0 aliphatic rings. The van der Waals surface area contributed by atoms with Gasteiger partial charge in [-0.05, 0) is 19.9 Å². The minimum atomic E-state index is -4.84. The fourth-order valence-electron chi connectivity index (χ4n) is 2.05. The van der Waals surface area contributed by atoms with Crippen LogP contribution in [0.25, 0.3) is 11.2 Å². The summed E-state index contributed by atoms with van der Waals surface area (Å²) in [4.78, 5) is 20.3. The molecule has 0 saturated heterocycles.